The smallest absolute Gasteiger partial charge is 0.152 e. The highest BCUT2D eigenvalue weighted by atomic mass is 19.1. The Labute approximate surface area is 122 Å². The Kier molecular flexibility index (Phi) is 4.62. The zero-order chi connectivity index (χ0) is 15.4. The van der Waals surface area contributed by atoms with Crippen LogP contribution in [0.25, 0.3) is 0 Å². The molecule has 0 saturated heterocycles. The van der Waals surface area contributed by atoms with Crippen molar-refractivity contribution in [1.29, 1.82) is 0 Å². The minimum absolute atomic E-state index is 0.132. The fourth-order valence-electron chi connectivity index (χ4n) is 2.00. The first-order valence-electron chi connectivity index (χ1n) is 6.46. The van der Waals surface area contributed by atoms with E-state index in [9.17, 15) is 8.78 Å². The van der Waals surface area contributed by atoms with Crippen LogP contribution in [-0.4, -0.2) is 14.2 Å². The van der Waals surface area contributed by atoms with Crippen molar-refractivity contribution in [2.24, 2.45) is 0 Å². The number of aryl methyl sites for hydroxylation is 1. The topological polar surface area (TPSA) is 30.5 Å². The van der Waals surface area contributed by atoms with Crippen LogP contribution in [-0.2, 0) is 6.54 Å². The van der Waals surface area contributed by atoms with E-state index >= 15 is 0 Å². The first-order valence-corrected chi connectivity index (χ1v) is 6.46. The summed E-state index contributed by atoms with van der Waals surface area (Å²) in [5.74, 6) is 0.0480. The quantitative estimate of drug-likeness (QED) is 0.907. The second-order valence-corrected chi connectivity index (χ2v) is 4.58. The summed E-state index contributed by atoms with van der Waals surface area (Å²) in [5.41, 5.74) is 1.03. The first kappa shape index (κ1) is 15.1. The van der Waals surface area contributed by atoms with Crippen LogP contribution in [0.5, 0.6) is 11.5 Å². The molecule has 0 atom stereocenters. The van der Waals surface area contributed by atoms with E-state index in [-0.39, 0.29) is 12.2 Å². The molecule has 5 heteroatoms. The highest BCUT2D eigenvalue weighted by Crippen LogP contribution is 2.27. The minimum Gasteiger partial charge on any atom is -0.497 e. The number of anilines is 1. The van der Waals surface area contributed by atoms with Crippen molar-refractivity contribution in [3.05, 3.63) is 53.1 Å². The molecule has 2 aromatic rings. The first-order chi connectivity index (χ1) is 10.1. The summed E-state index contributed by atoms with van der Waals surface area (Å²) in [6.07, 6.45) is 0. The van der Waals surface area contributed by atoms with Crippen LogP contribution in [0.3, 0.4) is 0 Å². The van der Waals surface area contributed by atoms with Gasteiger partial charge in [-0.05, 0) is 30.7 Å². The largest absolute Gasteiger partial charge is 0.497 e. The van der Waals surface area contributed by atoms with Gasteiger partial charge in [-0.1, -0.05) is 6.07 Å². The van der Waals surface area contributed by atoms with E-state index in [2.05, 4.69) is 5.32 Å². The van der Waals surface area contributed by atoms with Crippen molar-refractivity contribution in [3.8, 4) is 11.5 Å². The average molecular weight is 293 g/mol. The van der Waals surface area contributed by atoms with Gasteiger partial charge in [-0.25, -0.2) is 8.78 Å². The van der Waals surface area contributed by atoms with Crippen LogP contribution >= 0.6 is 0 Å². The Morgan fingerprint density at radius 3 is 2.48 bits per heavy atom. The van der Waals surface area contributed by atoms with Gasteiger partial charge in [-0.2, -0.15) is 0 Å². The third kappa shape index (κ3) is 3.24. The SMILES string of the molecule is COc1ccc(CNc2c(F)ccc(C)c2F)c(OC)c1. The standard InChI is InChI=1S/C16H17F2NO2/c1-10-4-7-13(17)16(15(10)18)19-9-11-5-6-12(20-2)8-14(11)21-3/h4-8,19H,9H2,1-3H3. The van der Waals surface area contributed by atoms with Gasteiger partial charge < -0.3 is 14.8 Å². The summed E-state index contributed by atoms with van der Waals surface area (Å²) in [6, 6.07) is 7.93. The van der Waals surface area contributed by atoms with Crippen LogP contribution in [0, 0.1) is 18.6 Å². The molecule has 0 radical (unpaired) electrons. The predicted molar refractivity (Wildman–Crippen MR) is 78.0 cm³/mol. The molecule has 0 fully saturated rings. The van der Waals surface area contributed by atoms with Gasteiger partial charge in [0, 0.05) is 18.2 Å². The van der Waals surface area contributed by atoms with Crippen LogP contribution in [0.1, 0.15) is 11.1 Å². The summed E-state index contributed by atoms with van der Waals surface area (Å²) in [6.45, 7) is 1.83. The number of hydrogen-bond donors (Lipinski definition) is 1. The Morgan fingerprint density at radius 1 is 1.05 bits per heavy atom. The average Bonchev–Trinajstić information content (AvgIpc) is 2.51. The molecule has 3 nitrogen and oxygen atoms in total. The lowest BCUT2D eigenvalue weighted by atomic mass is 10.1. The molecule has 112 valence electrons. The molecule has 2 rings (SSSR count). The Bertz CT molecular complexity index is 644. The van der Waals surface area contributed by atoms with Gasteiger partial charge in [0.1, 0.15) is 23.0 Å². The second kappa shape index (κ2) is 6.43. The maximum atomic E-state index is 13.9. The summed E-state index contributed by atoms with van der Waals surface area (Å²) in [7, 11) is 3.09. The van der Waals surface area contributed by atoms with Gasteiger partial charge in [-0.3, -0.25) is 0 Å². The molecule has 0 aliphatic heterocycles. The fourth-order valence-corrected chi connectivity index (χ4v) is 2.00. The lowest BCUT2D eigenvalue weighted by Gasteiger charge is -2.13. The number of nitrogens with one attached hydrogen (secondary N) is 1. The molecule has 0 amide bonds. The van der Waals surface area contributed by atoms with Gasteiger partial charge in [0.25, 0.3) is 0 Å². The van der Waals surface area contributed by atoms with Crippen molar-refractivity contribution in [2.45, 2.75) is 13.5 Å². The van der Waals surface area contributed by atoms with Gasteiger partial charge in [0.05, 0.1) is 14.2 Å². The number of benzene rings is 2. The van der Waals surface area contributed by atoms with E-state index in [0.717, 1.165) is 5.56 Å². The number of rotatable bonds is 5. The van der Waals surface area contributed by atoms with E-state index in [0.29, 0.717) is 17.1 Å². The highest BCUT2D eigenvalue weighted by molar-refractivity contribution is 5.50. The molecule has 0 unspecified atom stereocenters. The molecular formula is C16H17F2NO2. The Morgan fingerprint density at radius 2 is 1.81 bits per heavy atom. The van der Waals surface area contributed by atoms with Crippen molar-refractivity contribution in [1.82, 2.24) is 0 Å². The van der Waals surface area contributed by atoms with Crippen LogP contribution in [0.2, 0.25) is 0 Å². The molecule has 1 N–H and O–H groups in total. The number of ether oxygens (including phenoxy) is 2. The summed E-state index contributed by atoms with van der Waals surface area (Å²) < 4.78 is 38.0. The zero-order valence-electron chi connectivity index (χ0n) is 12.2. The summed E-state index contributed by atoms with van der Waals surface area (Å²) in [5, 5.41) is 2.78. The van der Waals surface area contributed by atoms with Crippen molar-refractivity contribution >= 4 is 5.69 Å². The van der Waals surface area contributed by atoms with E-state index < -0.39 is 11.6 Å². The van der Waals surface area contributed by atoms with Gasteiger partial charge in [0.2, 0.25) is 0 Å². The third-order valence-electron chi connectivity index (χ3n) is 3.23. The molecule has 0 saturated carbocycles. The van der Waals surface area contributed by atoms with Gasteiger partial charge >= 0.3 is 0 Å². The molecule has 0 aliphatic rings. The fraction of sp³-hybridized carbons (Fsp3) is 0.250. The number of halogens is 2. The van der Waals surface area contributed by atoms with E-state index in [1.807, 2.05) is 0 Å². The lowest BCUT2D eigenvalue weighted by molar-refractivity contribution is 0.391. The third-order valence-corrected chi connectivity index (χ3v) is 3.23. The van der Waals surface area contributed by atoms with Crippen molar-refractivity contribution in [2.75, 3.05) is 19.5 Å². The maximum Gasteiger partial charge on any atom is 0.152 e. The summed E-state index contributed by atoms with van der Waals surface area (Å²) >= 11 is 0. The van der Waals surface area contributed by atoms with Crippen molar-refractivity contribution < 1.29 is 18.3 Å². The van der Waals surface area contributed by atoms with Crippen LogP contribution in [0.4, 0.5) is 14.5 Å². The van der Waals surface area contributed by atoms with E-state index in [1.54, 1.807) is 32.2 Å². The normalized spacial score (nSPS) is 10.3. The molecular weight excluding hydrogens is 276 g/mol. The molecule has 2 aromatic carbocycles. The lowest BCUT2D eigenvalue weighted by Crippen LogP contribution is -2.06. The van der Waals surface area contributed by atoms with E-state index in [1.165, 1.54) is 19.2 Å². The molecule has 21 heavy (non-hydrogen) atoms. The minimum atomic E-state index is -0.620. The maximum absolute atomic E-state index is 13.9. The zero-order valence-corrected chi connectivity index (χ0v) is 12.2. The Balaban J connectivity index is 2.22. The molecule has 0 spiro atoms. The van der Waals surface area contributed by atoms with Crippen LogP contribution in [0.15, 0.2) is 30.3 Å². The number of hydrogen-bond acceptors (Lipinski definition) is 3. The molecule has 0 bridgehead atoms. The second-order valence-electron chi connectivity index (χ2n) is 4.58. The Hall–Kier alpha value is -2.30. The highest BCUT2D eigenvalue weighted by Gasteiger charge is 2.12. The monoisotopic (exact) mass is 293 g/mol. The van der Waals surface area contributed by atoms with Gasteiger partial charge in [-0.15, -0.1) is 0 Å². The van der Waals surface area contributed by atoms with Gasteiger partial charge in [0.15, 0.2) is 5.82 Å². The molecule has 0 aromatic heterocycles. The van der Waals surface area contributed by atoms with Crippen LogP contribution < -0.4 is 14.8 Å². The molecule has 0 heterocycles. The number of methoxy groups -OCH3 is 2. The summed E-state index contributed by atoms with van der Waals surface area (Å²) in [4.78, 5) is 0. The predicted octanol–water partition coefficient (Wildman–Crippen LogP) is 3.90. The molecule has 0 aliphatic carbocycles. The van der Waals surface area contributed by atoms with E-state index in [4.69, 9.17) is 9.47 Å². The van der Waals surface area contributed by atoms with Crippen molar-refractivity contribution in [3.63, 3.8) is 0 Å².